The Hall–Kier alpha value is -3.40. The van der Waals surface area contributed by atoms with Crippen LogP contribution in [-0.4, -0.2) is 47.6 Å². The summed E-state index contributed by atoms with van der Waals surface area (Å²) in [5, 5.41) is 14.9. The molecule has 0 bridgehead atoms. The van der Waals surface area contributed by atoms with Gasteiger partial charge in [0.15, 0.2) is 0 Å². The van der Waals surface area contributed by atoms with Gasteiger partial charge >= 0.3 is 18.1 Å². The van der Waals surface area contributed by atoms with Gasteiger partial charge in [0.05, 0.1) is 10.4 Å². The molecule has 2 aromatic rings. The van der Waals surface area contributed by atoms with Crippen LogP contribution in [0.25, 0.3) is 0 Å². The smallest absolute Gasteiger partial charge is 0.416 e. The van der Waals surface area contributed by atoms with Crippen LogP contribution in [0.5, 0.6) is 0 Å². The number of aromatic carboxylic acids is 1. The summed E-state index contributed by atoms with van der Waals surface area (Å²) < 4.78 is 5.18. The average Bonchev–Trinajstić information content (AvgIpc) is 3.17. The number of amides is 4. The van der Waals surface area contributed by atoms with Crippen LogP contribution >= 0.6 is 11.3 Å². The van der Waals surface area contributed by atoms with Gasteiger partial charge in [0, 0.05) is 13.6 Å². The van der Waals surface area contributed by atoms with Crippen molar-refractivity contribution in [3.63, 3.8) is 0 Å². The van der Waals surface area contributed by atoms with Gasteiger partial charge in [-0.15, -0.1) is 11.3 Å². The van der Waals surface area contributed by atoms with E-state index in [2.05, 4.69) is 17.6 Å². The van der Waals surface area contributed by atoms with Crippen LogP contribution in [0.1, 0.15) is 76.6 Å². The molecule has 0 fully saturated rings. The Balaban J connectivity index is 1.99. The first kappa shape index (κ1) is 27.8. The van der Waals surface area contributed by atoms with Crippen molar-refractivity contribution < 1.29 is 29.0 Å². The largest absolute Gasteiger partial charge is 0.478 e. The molecule has 0 unspecified atom stereocenters. The fraction of sp³-hybridized carbons (Fsp3) is 0.440. The quantitative estimate of drug-likeness (QED) is 0.322. The van der Waals surface area contributed by atoms with E-state index in [0.717, 1.165) is 41.1 Å². The molecule has 3 N–H and O–H groups in total. The van der Waals surface area contributed by atoms with Crippen LogP contribution in [0.2, 0.25) is 0 Å². The molecule has 0 aliphatic heterocycles. The molecule has 0 saturated carbocycles. The predicted molar refractivity (Wildman–Crippen MR) is 135 cm³/mol. The molecule has 0 spiro atoms. The Kier molecular flexibility index (Phi) is 11.2. The second-order valence-electron chi connectivity index (χ2n) is 8.12. The lowest BCUT2D eigenvalue weighted by Crippen LogP contribution is -2.33. The van der Waals surface area contributed by atoms with Crippen molar-refractivity contribution in [3.8, 4) is 0 Å². The van der Waals surface area contributed by atoms with Crippen LogP contribution in [0.15, 0.2) is 30.3 Å². The average molecular weight is 504 g/mol. The van der Waals surface area contributed by atoms with Crippen molar-refractivity contribution >= 4 is 40.3 Å². The number of nitrogens with zero attached hydrogens (tertiary/aromatic N) is 1. The third-order valence-electron chi connectivity index (χ3n) is 5.38. The molecule has 190 valence electrons. The molecule has 2 rings (SSSR count). The summed E-state index contributed by atoms with van der Waals surface area (Å²) in [5.74, 6) is -1.99. The van der Waals surface area contributed by atoms with E-state index in [4.69, 9.17) is 4.74 Å². The highest BCUT2D eigenvalue weighted by Gasteiger charge is 2.29. The fourth-order valence-corrected chi connectivity index (χ4v) is 4.54. The molecule has 0 aliphatic carbocycles. The van der Waals surface area contributed by atoms with Crippen LogP contribution in [0.3, 0.4) is 0 Å². The topological polar surface area (TPSA) is 125 Å². The fourth-order valence-electron chi connectivity index (χ4n) is 3.37. The zero-order valence-electron chi connectivity index (χ0n) is 20.4. The van der Waals surface area contributed by atoms with E-state index in [1.807, 2.05) is 6.07 Å². The van der Waals surface area contributed by atoms with Crippen molar-refractivity contribution in [2.75, 3.05) is 18.9 Å². The van der Waals surface area contributed by atoms with Crippen LogP contribution < -0.4 is 10.6 Å². The lowest BCUT2D eigenvalue weighted by atomic mass is 10.1. The number of urea groups is 1. The number of hydrogen-bond donors (Lipinski definition) is 3. The van der Waals surface area contributed by atoms with Gasteiger partial charge in [-0.25, -0.2) is 19.3 Å². The van der Waals surface area contributed by atoms with E-state index in [0.29, 0.717) is 6.54 Å². The molecule has 10 heteroatoms. The first-order valence-electron chi connectivity index (χ1n) is 11.7. The summed E-state index contributed by atoms with van der Waals surface area (Å²) >= 11 is 0.812. The van der Waals surface area contributed by atoms with Gasteiger partial charge in [-0.05, 0) is 24.5 Å². The number of benzene rings is 1. The molecule has 0 radical (unpaired) electrons. The first-order valence-corrected chi connectivity index (χ1v) is 12.5. The summed E-state index contributed by atoms with van der Waals surface area (Å²) in [6.45, 7) is 4.08. The highest BCUT2D eigenvalue weighted by atomic mass is 32.1. The predicted octanol–water partition coefficient (Wildman–Crippen LogP) is 5.65. The molecule has 0 aliphatic rings. The number of anilines is 1. The molecular weight excluding hydrogens is 470 g/mol. The summed E-state index contributed by atoms with van der Waals surface area (Å²) in [6, 6.07) is 8.47. The van der Waals surface area contributed by atoms with Crippen molar-refractivity contribution in [2.45, 2.75) is 59.0 Å². The van der Waals surface area contributed by atoms with E-state index in [-0.39, 0.29) is 27.6 Å². The minimum absolute atomic E-state index is 0.00727. The number of unbranched alkanes of at least 4 members (excludes halogenated alkanes) is 5. The lowest BCUT2D eigenvalue weighted by Gasteiger charge is -2.15. The molecule has 1 aromatic carbocycles. The number of carboxylic acid groups (broad SMARTS) is 1. The third kappa shape index (κ3) is 8.40. The number of thiophene rings is 1. The monoisotopic (exact) mass is 503 g/mol. The third-order valence-corrected chi connectivity index (χ3v) is 6.58. The molecule has 4 amide bonds. The van der Waals surface area contributed by atoms with E-state index in [1.165, 1.54) is 33.2 Å². The zero-order valence-corrected chi connectivity index (χ0v) is 21.2. The normalized spacial score (nSPS) is 10.5. The number of hydrogen-bond acceptors (Lipinski definition) is 6. The SMILES string of the molecule is CCCCCCCCNC(=O)Nc1sc(C(=O)N(C)C(=O)OCc2ccccc2)c(C)c1C(=O)O. The van der Waals surface area contributed by atoms with Crippen molar-refractivity contribution in [1.82, 2.24) is 10.2 Å². The van der Waals surface area contributed by atoms with Crippen molar-refractivity contribution in [3.05, 3.63) is 51.9 Å². The number of carbonyl (C=O) groups excluding carboxylic acids is 3. The molecule has 35 heavy (non-hydrogen) atoms. The number of nitrogens with one attached hydrogen (secondary N) is 2. The minimum atomic E-state index is -1.28. The number of ether oxygens (including phenoxy) is 1. The maximum absolute atomic E-state index is 12.9. The van der Waals surface area contributed by atoms with Crippen molar-refractivity contribution in [1.29, 1.82) is 0 Å². The van der Waals surface area contributed by atoms with Crippen LogP contribution in [0.4, 0.5) is 14.6 Å². The molecule has 0 atom stereocenters. The van der Waals surface area contributed by atoms with E-state index < -0.39 is 24.0 Å². The maximum atomic E-state index is 12.9. The van der Waals surface area contributed by atoms with Gasteiger partial charge in [0.2, 0.25) is 0 Å². The van der Waals surface area contributed by atoms with E-state index in [1.54, 1.807) is 24.3 Å². The van der Waals surface area contributed by atoms with Crippen LogP contribution in [0, 0.1) is 6.92 Å². The summed E-state index contributed by atoms with van der Waals surface area (Å²) in [4.78, 5) is 50.2. The lowest BCUT2D eigenvalue weighted by molar-refractivity contribution is 0.0691. The Morgan fingerprint density at radius 2 is 1.69 bits per heavy atom. The highest BCUT2D eigenvalue weighted by molar-refractivity contribution is 7.18. The second-order valence-corrected chi connectivity index (χ2v) is 9.14. The van der Waals surface area contributed by atoms with E-state index in [9.17, 15) is 24.3 Å². The molecule has 1 aromatic heterocycles. The first-order chi connectivity index (χ1) is 16.8. The Labute approximate surface area is 209 Å². The van der Waals surface area contributed by atoms with Gasteiger partial charge in [0.25, 0.3) is 5.91 Å². The molecular formula is C25H33N3O6S. The Morgan fingerprint density at radius 1 is 1.03 bits per heavy atom. The number of imide groups is 1. The summed E-state index contributed by atoms with van der Waals surface area (Å²) in [6.07, 6.45) is 5.61. The number of carbonyl (C=O) groups is 4. The molecule has 0 saturated heterocycles. The molecule has 1 heterocycles. The van der Waals surface area contributed by atoms with Gasteiger partial charge in [-0.3, -0.25) is 10.1 Å². The van der Waals surface area contributed by atoms with Gasteiger partial charge in [0.1, 0.15) is 11.6 Å². The van der Waals surface area contributed by atoms with Gasteiger partial charge in [-0.2, -0.15) is 0 Å². The Bertz CT molecular complexity index is 1020. The van der Waals surface area contributed by atoms with Crippen LogP contribution in [-0.2, 0) is 11.3 Å². The number of rotatable bonds is 12. The maximum Gasteiger partial charge on any atom is 0.416 e. The minimum Gasteiger partial charge on any atom is -0.478 e. The second kappa shape index (κ2) is 14.1. The van der Waals surface area contributed by atoms with Gasteiger partial charge < -0.3 is 15.2 Å². The van der Waals surface area contributed by atoms with E-state index >= 15 is 0 Å². The number of carboxylic acids is 1. The summed E-state index contributed by atoms with van der Waals surface area (Å²) in [7, 11) is 1.26. The van der Waals surface area contributed by atoms with Gasteiger partial charge in [-0.1, -0.05) is 69.4 Å². The Morgan fingerprint density at radius 3 is 2.34 bits per heavy atom. The summed E-state index contributed by atoms with van der Waals surface area (Å²) in [5.41, 5.74) is 0.751. The standard InChI is InChI=1S/C25H33N3O6S/c1-4-5-6-7-8-12-15-26-24(32)27-21-19(23(30)31)17(2)20(35-21)22(29)28(3)25(33)34-16-18-13-10-9-11-14-18/h9-11,13-14H,4-8,12,15-16H2,1-3H3,(H,30,31)(H2,26,27,32). The molecule has 9 nitrogen and oxygen atoms in total. The zero-order chi connectivity index (χ0) is 25.8. The highest BCUT2D eigenvalue weighted by Crippen LogP contribution is 2.34. The van der Waals surface area contributed by atoms with Crippen molar-refractivity contribution in [2.24, 2.45) is 0 Å².